The summed E-state index contributed by atoms with van der Waals surface area (Å²) in [4.78, 5) is 23.8. The summed E-state index contributed by atoms with van der Waals surface area (Å²) in [5.74, 6) is -1.15. The zero-order valence-electron chi connectivity index (χ0n) is 8.95. The van der Waals surface area contributed by atoms with Crippen molar-refractivity contribution in [3.05, 3.63) is 0 Å². The minimum atomic E-state index is -1.47. The average molecular weight is 216 g/mol. The molecule has 0 atom stereocenters. The quantitative estimate of drug-likeness (QED) is 0.673. The van der Waals surface area contributed by atoms with Gasteiger partial charge in [-0.1, -0.05) is 0 Å². The highest BCUT2D eigenvalue weighted by Gasteiger charge is 2.33. The number of carboxylic acids is 1. The number of amides is 1. The van der Waals surface area contributed by atoms with Crippen LogP contribution in [0.1, 0.15) is 13.8 Å². The first-order chi connectivity index (χ1) is 6.93. The molecular formula is C9H16N2O4. The second-order valence-corrected chi connectivity index (χ2v) is 3.92. The summed E-state index contributed by atoms with van der Waals surface area (Å²) in [6, 6.07) is 0. The fourth-order valence-electron chi connectivity index (χ4n) is 1.17. The van der Waals surface area contributed by atoms with Crippen LogP contribution in [0.4, 0.5) is 4.79 Å². The van der Waals surface area contributed by atoms with Crippen molar-refractivity contribution in [3.8, 4) is 0 Å². The molecular weight excluding hydrogens is 200 g/mol. The van der Waals surface area contributed by atoms with Gasteiger partial charge in [-0.05, 0) is 13.8 Å². The lowest BCUT2D eigenvalue weighted by atomic mass is 10.1. The van der Waals surface area contributed by atoms with Gasteiger partial charge in [-0.15, -0.1) is 0 Å². The van der Waals surface area contributed by atoms with E-state index in [0.717, 1.165) is 0 Å². The standard InChI is InChI=1S/C9H16N2O4/c1-9(2,7(12)13)15-8(14)11-5-3-10-4-6-11/h10H,3-6H2,1-2H3,(H,12,13). The van der Waals surface area contributed by atoms with Crippen LogP contribution >= 0.6 is 0 Å². The molecule has 1 aliphatic heterocycles. The molecule has 0 aromatic carbocycles. The molecule has 6 heteroatoms. The summed E-state index contributed by atoms with van der Waals surface area (Å²) in [5.41, 5.74) is -1.47. The van der Waals surface area contributed by atoms with Gasteiger partial charge in [-0.25, -0.2) is 9.59 Å². The molecule has 0 aromatic heterocycles. The normalized spacial score (nSPS) is 17.3. The Bertz CT molecular complexity index is 259. The second kappa shape index (κ2) is 4.48. The van der Waals surface area contributed by atoms with Crippen LogP contribution in [-0.2, 0) is 9.53 Å². The van der Waals surface area contributed by atoms with Gasteiger partial charge in [0, 0.05) is 26.2 Å². The third kappa shape index (κ3) is 3.09. The molecule has 0 spiro atoms. The highest BCUT2D eigenvalue weighted by molar-refractivity contribution is 5.80. The van der Waals surface area contributed by atoms with Crippen LogP contribution in [-0.4, -0.2) is 53.8 Å². The van der Waals surface area contributed by atoms with Crippen molar-refractivity contribution in [1.82, 2.24) is 10.2 Å². The molecule has 0 saturated carbocycles. The van der Waals surface area contributed by atoms with Gasteiger partial charge in [-0.2, -0.15) is 0 Å². The highest BCUT2D eigenvalue weighted by atomic mass is 16.6. The number of ether oxygens (including phenoxy) is 1. The molecule has 1 fully saturated rings. The van der Waals surface area contributed by atoms with Gasteiger partial charge >= 0.3 is 12.1 Å². The number of rotatable bonds is 2. The zero-order chi connectivity index (χ0) is 11.5. The van der Waals surface area contributed by atoms with E-state index in [4.69, 9.17) is 9.84 Å². The Hall–Kier alpha value is -1.30. The van der Waals surface area contributed by atoms with Crippen LogP contribution in [0, 0.1) is 0 Å². The number of piperazine rings is 1. The Morgan fingerprint density at radius 3 is 2.33 bits per heavy atom. The van der Waals surface area contributed by atoms with Gasteiger partial charge in [-0.3, -0.25) is 0 Å². The highest BCUT2D eigenvalue weighted by Crippen LogP contribution is 2.11. The number of aliphatic carboxylic acids is 1. The van der Waals surface area contributed by atoms with E-state index in [2.05, 4.69) is 5.32 Å². The third-order valence-electron chi connectivity index (χ3n) is 2.23. The molecule has 0 aromatic rings. The summed E-state index contributed by atoms with van der Waals surface area (Å²) in [7, 11) is 0. The van der Waals surface area contributed by atoms with Gasteiger partial charge in [0.15, 0.2) is 0 Å². The van der Waals surface area contributed by atoms with Gasteiger partial charge in [0.25, 0.3) is 0 Å². The molecule has 1 heterocycles. The number of nitrogens with one attached hydrogen (secondary N) is 1. The fourth-order valence-corrected chi connectivity index (χ4v) is 1.17. The molecule has 1 amide bonds. The number of carbonyl (C=O) groups is 2. The van der Waals surface area contributed by atoms with Crippen LogP contribution in [0.15, 0.2) is 0 Å². The molecule has 15 heavy (non-hydrogen) atoms. The Balaban J connectivity index is 2.50. The van der Waals surface area contributed by atoms with E-state index in [0.29, 0.717) is 26.2 Å². The summed E-state index contributed by atoms with van der Waals surface area (Å²) in [5, 5.41) is 11.9. The van der Waals surface area contributed by atoms with E-state index >= 15 is 0 Å². The zero-order valence-corrected chi connectivity index (χ0v) is 8.95. The molecule has 1 saturated heterocycles. The molecule has 0 radical (unpaired) electrons. The molecule has 0 aliphatic carbocycles. The first-order valence-electron chi connectivity index (χ1n) is 4.85. The average Bonchev–Trinajstić information content (AvgIpc) is 2.18. The lowest BCUT2D eigenvalue weighted by Gasteiger charge is -2.30. The van der Waals surface area contributed by atoms with Crippen molar-refractivity contribution in [2.75, 3.05) is 26.2 Å². The smallest absolute Gasteiger partial charge is 0.410 e. The van der Waals surface area contributed by atoms with Crippen molar-refractivity contribution < 1.29 is 19.4 Å². The third-order valence-corrected chi connectivity index (χ3v) is 2.23. The van der Waals surface area contributed by atoms with E-state index in [1.54, 1.807) is 0 Å². The molecule has 1 rings (SSSR count). The maximum Gasteiger partial charge on any atom is 0.410 e. The van der Waals surface area contributed by atoms with Crippen LogP contribution in [0.3, 0.4) is 0 Å². The predicted molar refractivity (Wildman–Crippen MR) is 52.6 cm³/mol. The van der Waals surface area contributed by atoms with Gasteiger partial charge < -0.3 is 20.1 Å². The maximum atomic E-state index is 11.5. The van der Waals surface area contributed by atoms with Gasteiger partial charge in [0.1, 0.15) is 0 Å². The topological polar surface area (TPSA) is 78.9 Å². The van der Waals surface area contributed by atoms with E-state index in [9.17, 15) is 9.59 Å². The largest absolute Gasteiger partial charge is 0.478 e. The van der Waals surface area contributed by atoms with Crippen molar-refractivity contribution >= 4 is 12.1 Å². The minimum Gasteiger partial charge on any atom is -0.478 e. The van der Waals surface area contributed by atoms with E-state index in [1.807, 2.05) is 0 Å². The Labute approximate surface area is 88.2 Å². The van der Waals surface area contributed by atoms with Crippen LogP contribution < -0.4 is 5.32 Å². The molecule has 0 bridgehead atoms. The number of carbonyl (C=O) groups excluding carboxylic acids is 1. The Morgan fingerprint density at radius 1 is 1.33 bits per heavy atom. The monoisotopic (exact) mass is 216 g/mol. The van der Waals surface area contributed by atoms with Crippen molar-refractivity contribution in [2.45, 2.75) is 19.4 Å². The second-order valence-electron chi connectivity index (χ2n) is 3.92. The summed E-state index contributed by atoms with van der Waals surface area (Å²) >= 11 is 0. The lowest BCUT2D eigenvalue weighted by molar-refractivity contribution is -0.155. The van der Waals surface area contributed by atoms with Gasteiger partial charge in [0.05, 0.1) is 0 Å². The van der Waals surface area contributed by atoms with Gasteiger partial charge in [0.2, 0.25) is 5.60 Å². The number of carboxylic acid groups (broad SMARTS) is 1. The van der Waals surface area contributed by atoms with Crippen LogP contribution in [0.5, 0.6) is 0 Å². The Kier molecular flexibility index (Phi) is 3.52. The number of hydrogen-bond donors (Lipinski definition) is 2. The van der Waals surface area contributed by atoms with E-state index < -0.39 is 17.7 Å². The van der Waals surface area contributed by atoms with Crippen LogP contribution in [0.25, 0.3) is 0 Å². The predicted octanol–water partition coefficient (Wildman–Crippen LogP) is -0.109. The first kappa shape index (κ1) is 11.8. The molecule has 86 valence electrons. The summed E-state index contributed by atoms with van der Waals surface area (Å²) in [6.07, 6.45) is -0.566. The summed E-state index contributed by atoms with van der Waals surface area (Å²) in [6.45, 7) is 5.24. The van der Waals surface area contributed by atoms with Crippen molar-refractivity contribution in [1.29, 1.82) is 0 Å². The fraction of sp³-hybridized carbons (Fsp3) is 0.778. The Morgan fingerprint density at radius 2 is 1.87 bits per heavy atom. The van der Waals surface area contributed by atoms with E-state index in [1.165, 1.54) is 18.7 Å². The SMILES string of the molecule is CC(C)(OC(=O)N1CCNCC1)C(=O)O. The minimum absolute atomic E-state index is 0.550. The van der Waals surface area contributed by atoms with E-state index in [-0.39, 0.29) is 0 Å². The lowest BCUT2D eigenvalue weighted by Crippen LogP contribution is -2.49. The summed E-state index contributed by atoms with van der Waals surface area (Å²) < 4.78 is 4.90. The first-order valence-corrected chi connectivity index (χ1v) is 4.85. The van der Waals surface area contributed by atoms with Crippen molar-refractivity contribution in [2.24, 2.45) is 0 Å². The molecule has 2 N–H and O–H groups in total. The molecule has 0 unspecified atom stereocenters. The van der Waals surface area contributed by atoms with Crippen LogP contribution in [0.2, 0.25) is 0 Å². The van der Waals surface area contributed by atoms with Crippen molar-refractivity contribution in [3.63, 3.8) is 0 Å². The molecule has 6 nitrogen and oxygen atoms in total. The molecule has 1 aliphatic rings. The number of hydrogen-bond acceptors (Lipinski definition) is 4. The number of nitrogens with zero attached hydrogens (tertiary/aromatic N) is 1. The maximum absolute atomic E-state index is 11.5.